The van der Waals surface area contributed by atoms with Gasteiger partial charge in [0.25, 0.3) is 0 Å². The van der Waals surface area contributed by atoms with Gasteiger partial charge in [-0.15, -0.1) is 5.54 Å². The van der Waals surface area contributed by atoms with Crippen LogP contribution in [0.2, 0.25) is 18.1 Å². The average molecular weight is 580 g/mol. The van der Waals surface area contributed by atoms with E-state index in [0.29, 0.717) is 18.8 Å². The van der Waals surface area contributed by atoms with Crippen molar-refractivity contribution in [3.05, 3.63) is 41.5 Å². The first-order chi connectivity index (χ1) is 19.8. The number of hydrogen-bond acceptors (Lipinski definition) is 6. The molecule has 0 aromatic carbocycles. The topological polar surface area (TPSA) is 114 Å². The van der Waals surface area contributed by atoms with E-state index in [9.17, 15) is 10.1 Å². The van der Waals surface area contributed by atoms with Crippen molar-refractivity contribution in [3.8, 4) is 28.8 Å². The van der Waals surface area contributed by atoms with Crippen molar-refractivity contribution in [2.45, 2.75) is 84.0 Å². The maximum Gasteiger partial charge on any atom is 0.227 e. The molecule has 1 fully saturated rings. The molecule has 2 aliphatic rings. The monoisotopic (exact) mass is 579 g/mol. The lowest BCUT2D eigenvalue weighted by Gasteiger charge is -2.31. The second-order valence-corrected chi connectivity index (χ2v) is 18.3. The number of nitrogen functional groups attached to an aromatic ring is 1. The van der Waals surface area contributed by atoms with Gasteiger partial charge in [0.2, 0.25) is 5.91 Å². The molecule has 1 aliphatic heterocycles. The Balaban J connectivity index is 1.54. The Kier molecular flexibility index (Phi) is 7.76. The zero-order chi connectivity index (χ0) is 30.4. The highest BCUT2D eigenvalue weighted by Gasteiger charge is 2.35. The molecule has 8 nitrogen and oxygen atoms in total. The fraction of sp³-hybridized carbons (Fsp3) is 0.485. The van der Waals surface area contributed by atoms with Gasteiger partial charge in [0, 0.05) is 36.8 Å². The van der Waals surface area contributed by atoms with Gasteiger partial charge in [-0.3, -0.25) is 4.79 Å². The Morgan fingerprint density at radius 1 is 1.19 bits per heavy atom. The lowest BCUT2D eigenvalue weighted by atomic mass is 9.84. The third kappa shape index (κ3) is 5.23. The Morgan fingerprint density at radius 2 is 1.95 bits per heavy atom. The van der Waals surface area contributed by atoms with Crippen molar-refractivity contribution in [2.75, 3.05) is 12.3 Å². The fourth-order valence-corrected chi connectivity index (χ4v) is 6.68. The molecule has 3 aromatic rings. The summed E-state index contributed by atoms with van der Waals surface area (Å²) < 4.78 is 2.08. The highest BCUT2D eigenvalue weighted by atomic mass is 28.3. The third-order valence-corrected chi connectivity index (χ3v) is 14.0. The highest BCUT2D eigenvalue weighted by molar-refractivity contribution is 6.87. The minimum atomic E-state index is -1.77. The first-order valence-corrected chi connectivity index (χ1v) is 17.8. The lowest BCUT2D eigenvalue weighted by Crippen LogP contribution is -2.39. The molecule has 3 aromatic heterocycles. The summed E-state index contributed by atoms with van der Waals surface area (Å²) >= 11 is 0. The summed E-state index contributed by atoms with van der Waals surface area (Å²) in [5.74, 6) is 3.79. The first-order valence-electron chi connectivity index (χ1n) is 14.8. The Labute approximate surface area is 250 Å². The van der Waals surface area contributed by atoms with Gasteiger partial charge < -0.3 is 15.2 Å². The number of carbonyl (C=O) groups is 1. The van der Waals surface area contributed by atoms with E-state index in [4.69, 9.17) is 10.7 Å². The molecule has 9 heteroatoms. The summed E-state index contributed by atoms with van der Waals surface area (Å²) in [7, 11) is 0.238. The number of anilines is 1. The number of aromatic nitrogens is 4. The van der Waals surface area contributed by atoms with Crippen molar-refractivity contribution in [1.29, 1.82) is 5.26 Å². The Hall–Kier alpha value is -3.95. The molecule has 1 saturated heterocycles. The van der Waals surface area contributed by atoms with Gasteiger partial charge in [-0.25, -0.2) is 15.0 Å². The molecule has 4 heterocycles. The number of nitrogens with two attached hydrogens (primary N) is 1. The van der Waals surface area contributed by atoms with Crippen molar-refractivity contribution in [3.63, 3.8) is 0 Å². The van der Waals surface area contributed by atoms with Crippen LogP contribution in [0.25, 0.3) is 27.9 Å². The number of aryl methyl sites for hydroxylation is 2. The smallest absolute Gasteiger partial charge is 0.227 e. The molecule has 5 rings (SSSR count). The summed E-state index contributed by atoms with van der Waals surface area (Å²) in [5, 5.41) is 10.5. The first kappa shape index (κ1) is 29.5. The van der Waals surface area contributed by atoms with Crippen LogP contribution in [0.4, 0.5) is 5.82 Å². The molecule has 2 atom stereocenters. The largest absolute Gasteiger partial charge is 0.383 e. The van der Waals surface area contributed by atoms with E-state index < -0.39 is 8.07 Å². The molecule has 2 N–H and O–H groups in total. The average Bonchev–Trinajstić information content (AvgIpc) is 3.54. The van der Waals surface area contributed by atoms with Crippen LogP contribution in [0.5, 0.6) is 0 Å². The van der Waals surface area contributed by atoms with E-state index in [-0.39, 0.29) is 22.9 Å². The lowest BCUT2D eigenvalue weighted by molar-refractivity contribution is -0.135. The Bertz CT molecular complexity index is 1690. The van der Waals surface area contributed by atoms with Gasteiger partial charge in [-0.2, -0.15) is 5.26 Å². The van der Waals surface area contributed by atoms with E-state index >= 15 is 0 Å². The number of pyridine rings is 1. The van der Waals surface area contributed by atoms with Gasteiger partial charge in [0.1, 0.15) is 37.6 Å². The number of hydrogen-bond donors (Lipinski definition) is 1. The second-order valence-electron chi connectivity index (χ2n) is 13.3. The van der Waals surface area contributed by atoms with E-state index in [1.54, 1.807) is 4.90 Å². The van der Waals surface area contributed by atoms with Crippen LogP contribution in [-0.4, -0.2) is 51.0 Å². The maximum absolute atomic E-state index is 13.3. The number of carbonyl (C=O) groups excluding carboxylic acids is 1. The van der Waals surface area contributed by atoms with Crippen LogP contribution in [0.1, 0.15) is 69.7 Å². The molecule has 0 spiro atoms. The van der Waals surface area contributed by atoms with E-state index in [1.165, 1.54) is 6.33 Å². The molecule has 1 unspecified atom stereocenters. The minimum absolute atomic E-state index is 0.102. The molecule has 1 aliphatic carbocycles. The zero-order valence-corrected chi connectivity index (χ0v) is 26.9. The molecule has 0 saturated carbocycles. The van der Waals surface area contributed by atoms with Gasteiger partial charge >= 0.3 is 0 Å². The predicted molar refractivity (Wildman–Crippen MR) is 171 cm³/mol. The normalized spacial score (nSPS) is 19.3. The molecular formula is C33H41N7OSi. The van der Waals surface area contributed by atoms with Crippen LogP contribution in [0, 0.1) is 35.6 Å². The minimum Gasteiger partial charge on any atom is -0.383 e. The van der Waals surface area contributed by atoms with Crippen molar-refractivity contribution in [2.24, 2.45) is 13.0 Å². The van der Waals surface area contributed by atoms with E-state index in [0.717, 1.165) is 70.4 Å². The summed E-state index contributed by atoms with van der Waals surface area (Å²) in [4.78, 5) is 28.8. The van der Waals surface area contributed by atoms with Crippen LogP contribution < -0.4 is 5.73 Å². The summed E-state index contributed by atoms with van der Waals surface area (Å²) in [6, 6.07) is 4.07. The molecule has 0 bridgehead atoms. The van der Waals surface area contributed by atoms with Gasteiger partial charge in [-0.05, 0) is 61.3 Å². The molecule has 1 amide bonds. The van der Waals surface area contributed by atoms with E-state index in [1.807, 2.05) is 13.2 Å². The molecule has 0 radical (unpaired) electrons. The fourth-order valence-electron chi connectivity index (χ4n) is 5.87. The summed E-state index contributed by atoms with van der Waals surface area (Å²) in [6.07, 6.45) is 9.33. The zero-order valence-electron chi connectivity index (χ0n) is 25.9. The van der Waals surface area contributed by atoms with Crippen molar-refractivity contribution in [1.82, 2.24) is 24.4 Å². The van der Waals surface area contributed by atoms with Crippen molar-refractivity contribution >= 4 is 36.4 Å². The number of nitrogens with zero attached hydrogens (tertiary/aromatic N) is 6. The Morgan fingerprint density at radius 3 is 2.60 bits per heavy atom. The van der Waals surface area contributed by atoms with Crippen molar-refractivity contribution < 1.29 is 4.79 Å². The van der Waals surface area contributed by atoms with Gasteiger partial charge in [0.05, 0.1) is 17.1 Å². The number of likely N-dealkylation sites (tertiary alicyclic amines) is 1. The SMILES string of the molecule is Cc1cc(C#C[Si](C)(C)C(C)(C)C)ncc1-c1c(C2=CC[C@@H](C(=O)N3CCCC3C#N)CC2)c2c(N)ncnc2n1C. The maximum atomic E-state index is 13.3. The summed E-state index contributed by atoms with van der Waals surface area (Å²) in [5.41, 5.74) is 16.8. The summed E-state index contributed by atoms with van der Waals surface area (Å²) in [6.45, 7) is 14.2. The molecule has 218 valence electrons. The van der Waals surface area contributed by atoms with Crippen LogP contribution in [0.3, 0.4) is 0 Å². The number of fused-ring (bicyclic) bond motifs is 1. The van der Waals surface area contributed by atoms with Crippen LogP contribution in [0.15, 0.2) is 24.7 Å². The van der Waals surface area contributed by atoms with Gasteiger partial charge in [0.15, 0.2) is 0 Å². The highest BCUT2D eigenvalue weighted by Crippen LogP contribution is 2.44. The number of amides is 1. The van der Waals surface area contributed by atoms with Gasteiger partial charge in [-0.1, -0.05) is 45.9 Å². The number of allylic oxidation sites excluding steroid dienone is 2. The third-order valence-electron chi connectivity index (χ3n) is 9.51. The second kappa shape index (κ2) is 11.0. The number of rotatable bonds is 3. The quantitative estimate of drug-likeness (QED) is 0.300. The number of nitriles is 1. The molecular weight excluding hydrogens is 538 g/mol. The van der Waals surface area contributed by atoms with E-state index in [2.05, 4.69) is 85.0 Å². The predicted octanol–water partition coefficient (Wildman–Crippen LogP) is 6.02. The standard InChI is InChI=1S/C33H41N7OSi/c1-21-17-24(14-16-42(6,7)33(2,3)4)36-19-26(21)29-27(28-30(35)37-20-38-31(28)39(29)5)22-10-12-23(13-11-22)32(41)40-15-8-9-25(40)18-34/h10,17,19-20,23,25H,8-9,11-13,15H2,1-7H3,(H2,35,37,38)/t23-,25?/m1/s1. The van der Waals surface area contributed by atoms with Crippen LogP contribution >= 0.6 is 0 Å². The molecule has 42 heavy (non-hydrogen) atoms. The van der Waals surface area contributed by atoms with Crippen LogP contribution in [-0.2, 0) is 11.8 Å².